The molecule has 9 heterocycles. The van der Waals surface area contributed by atoms with E-state index in [0.717, 1.165) is 6.42 Å². The van der Waals surface area contributed by atoms with E-state index >= 15 is 0 Å². The fourth-order valence-electron chi connectivity index (χ4n) is 10.3. The Morgan fingerprint density at radius 3 is 1.40 bits per heavy atom. The number of hydrogen-bond donors (Lipinski definition) is 2. The number of nitrogens with zero attached hydrogens (tertiary/aromatic N) is 8. The maximum atomic E-state index is 12.3. The van der Waals surface area contributed by atoms with Gasteiger partial charge in [0.25, 0.3) is 0 Å². The molecule has 0 radical (unpaired) electrons. The van der Waals surface area contributed by atoms with Crippen LogP contribution in [0.4, 0.5) is 14.4 Å². The summed E-state index contributed by atoms with van der Waals surface area (Å²) in [6.45, 7) is 4.41. The number of urea groups is 3. The molecule has 0 aliphatic carbocycles. The highest BCUT2D eigenvalue weighted by atomic mass is 32.3. The Balaban J connectivity index is 0.000000142. The standard InChI is InChI=1S/C11H17N3O6S.2C10H15N3O7S/c1-2-3-12-5-7-4-8-6-13(9(7)10(12)15)11(16)14(8)20-21(17,18)19;1-19-4-7-6-2-5-3-12(8(6)9(14)11-7)10(15)13(5)20-21(16,17)18;14-2-1-11-4-6-3-7-5-12(8(6)9(11)15)10(16)13(7)20-21(17,18)19/h7-9H,2-6H2,1H3,(H,17,18,19);5-8H,2-4H2,1H3,(H,11,14)(H,16,17,18);6-8,14H,1-5H2,(H,17,18,19)/p-3/t7-,8+,9-;5-,6+,7+,8+;6-,7+,8-/m010/s1. The monoisotopic (exact) mass is 958 g/mol. The first-order valence-electron chi connectivity index (χ1n) is 19.7. The number of carbonyl (C=O) groups excluding carboxylic acids is 6. The number of likely N-dealkylation sites (tertiary alicyclic amines) is 2. The summed E-state index contributed by atoms with van der Waals surface area (Å²) in [7, 11) is -13.6. The van der Waals surface area contributed by atoms with E-state index < -0.39 is 85.5 Å². The molecular weight excluding hydrogens is 915 g/mol. The van der Waals surface area contributed by atoms with Crippen LogP contribution in [0.3, 0.4) is 0 Å². The van der Waals surface area contributed by atoms with Crippen molar-refractivity contribution in [1.29, 1.82) is 0 Å². The molecular formula is C31H44N9O20S3-3. The number of nitrogens with one attached hydrogen (secondary N) is 1. The topological polar surface area (TPSA) is 369 Å². The van der Waals surface area contributed by atoms with Gasteiger partial charge in [0.15, 0.2) is 0 Å². The van der Waals surface area contributed by atoms with Crippen LogP contribution in [0.25, 0.3) is 0 Å². The lowest BCUT2D eigenvalue weighted by Gasteiger charge is -2.32. The third kappa shape index (κ3) is 9.19. The molecule has 0 aromatic carbocycles. The second-order valence-electron chi connectivity index (χ2n) is 16.3. The Kier molecular flexibility index (Phi) is 12.8. The average molecular weight is 959 g/mol. The summed E-state index contributed by atoms with van der Waals surface area (Å²) < 4.78 is 114. The van der Waals surface area contributed by atoms with Crippen molar-refractivity contribution in [2.24, 2.45) is 17.8 Å². The second kappa shape index (κ2) is 17.3. The number of β-amino-alcohol motifs (C(OH)–C–C–N with tert-alkyl or cyclic N) is 1. The summed E-state index contributed by atoms with van der Waals surface area (Å²) in [5.74, 6) is -1.10. The van der Waals surface area contributed by atoms with Gasteiger partial charge in [-0.2, -0.15) is 28.0 Å². The highest BCUT2D eigenvalue weighted by Gasteiger charge is 2.60. The number of amides is 9. The summed E-state index contributed by atoms with van der Waals surface area (Å²) in [6, 6.07) is -6.11. The number of hydrogen-bond acceptors (Lipinski definition) is 20. The normalized spacial score (nSPS) is 33.1. The molecule has 29 nitrogen and oxygen atoms in total. The quantitative estimate of drug-likeness (QED) is 0.136. The predicted molar refractivity (Wildman–Crippen MR) is 196 cm³/mol. The fraction of sp³-hybridized carbons (Fsp3) is 0.806. The number of methoxy groups -OCH3 is 1. The van der Waals surface area contributed by atoms with Gasteiger partial charge in [0.2, 0.25) is 48.9 Å². The van der Waals surface area contributed by atoms with E-state index in [1.54, 1.807) is 4.90 Å². The van der Waals surface area contributed by atoms with Crippen LogP contribution in [0, 0.1) is 17.8 Å². The van der Waals surface area contributed by atoms with Crippen LogP contribution in [-0.4, -0.2) is 228 Å². The zero-order chi connectivity index (χ0) is 46.1. The zero-order valence-corrected chi connectivity index (χ0v) is 35.9. The van der Waals surface area contributed by atoms with Gasteiger partial charge in [-0.05, 0) is 25.7 Å². The van der Waals surface area contributed by atoms with E-state index in [9.17, 15) is 67.7 Å². The van der Waals surface area contributed by atoms with Crippen LogP contribution in [-0.2, 0) is 63.2 Å². The molecule has 9 rings (SSSR count). The second-order valence-corrected chi connectivity index (χ2v) is 19.2. The zero-order valence-electron chi connectivity index (χ0n) is 33.5. The number of fused-ring (bicyclic) bond motifs is 12. The largest absolute Gasteiger partial charge is 0.724 e. The molecule has 9 aliphatic rings. The molecule has 0 saturated carbocycles. The van der Waals surface area contributed by atoms with E-state index in [-0.39, 0.29) is 74.3 Å². The minimum Gasteiger partial charge on any atom is -0.724 e. The molecule has 9 aliphatic heterocycles. The third-order valence-corrected chi connectivity index (χ3v) is 13.4. The maximum Gasteiger partial charge on any atom is 0.346 e. The number of aliphatic hydroxyl groups excluding tert-OH is 1. The van der Waals surface area contributed by atoms with Crippen LogP contribution in [0.5, 0.6) is 0 Å². The van der Waals surface area contributed by atoms with Crippen LogP contribution in [0.1, 0.15) is 32.6 Å². The van der Waals surface area contributed by atoms with Crippen molar-refractivity contribution in [3.8, 4) is 0 Å². The van der Waals surface area contributed by atoms with Crippen molar-refractivity contribution >= 4 is 67.0 Å². The molecule has 32 heteroatoms. The summed E-state index contributed by atoms with van der Waals surface area (Å²) >= 11 is 0. The van der Waals surface area contributed by atoms with Crippen molar-refractivity contribution in [2.45, 2.75) is 74.9 Å². The van der Waals surface area contributed by atoms with Gasteiger partial charge >= 0.3 is 18.1 Å². The van der Waals surface area contributed by atoms with Gasteiger partial charge in [-0.25, -0.2) is 39.6 Å². The fourth-order valence-corrected chi connectivity index (χ4v) is 11.4. The molecule has 0 aromatic heterocycles. The molecule has 354 valence electrons. The molecule has 0 unspecified atom stereocenters. The summed E-state index contributed by atoms with van der Waals surface area (Å²) in [5.41, 5.74) is 0. The van der Waals surface area contributed by atoms with E-state index in [1.807, 2.05) is 6.92 Å². The van der Waals surface area contributed by atoms with Crippen LogP contribution in [0.2, 0.25) is 0 Å². The molecule has 9 fully saturated rings. The van der Waals surface area contributed by atoms with E-state index in [2.05, 4.69) is 18.2 Å². The molecule has 9 saturated heterocycles. The first-order valence-corrected chi connectivity index (χ1v) is 23.7. The Labute approximate surface area is 360 Å². The van der Waals surface area contributed by atoms with Crippen molar-refractivity contribution in [3.63, 3.8) is 0 Å². The Morgan fingerprint density at radius 1 is 0.619 bits per heavy atom. The van der Waals surface area contributed by atoms with Gasteiger partial charge < -0.3 is 53.3 Å². The molecule has 63 heavy (non-hydrogen) atoms. The van der Waals surface area contributed by atoms with Crippen LogP contribution >= 0.6 is 0 Å². The lowest BCUT2D eigenvalue weighted by molar-refractivity contribution is -0.132. The third-order valence-electron chi connectivity index (χ3n) is 12.4. The maximum absolute atomic E-state index is 12.3. The van der Waals surface area contributed by atoms with Crippen LogP contribution < -0.4 is 5.32 Å². The van der Waals surface area contributed by atoms with Gasteiger partial charge in [0.1, 0.15) is 18.1 Å². The van der Waals surface area contributed by atoms with E-state index in [1.165, 1.54) is 26.7 Å². The lowest BCUT2D eigenvalue weighted by Crippen LogP contribution is -2.48. The number of aliphatic hydroxyl groups is 1. The minimum absolute atomic E-state index is 0.0466. The number of rotatable bonds is 12. The summed E-state index contributed by atoms with van der Waals surface area (Å²) in [5, 5.41) is 13.4. The predicted octanol–water partition coefficient (Wildman–Crippen LogP) is -5.15. The smallest absolute Gasteiger partial charge is 0.346 e. The highest BCUT2D eigenvalue weighted by molar-refractivity contribution is 7.81. The molecule has 10 atom stereocenters. The Bertz CT molecular complexity index is 2100. The molecule has 0 aromatic rings. The number of piperidine rings is 3. The molecule has 2 N–H and O–H groups in total. The summed E-state index contributed by atoms with van der Waals surface area (Å²) in [4.78, 5) is 80.1. The van der Waals surface area contributed by atoms with Crippen molar-refractivity contribution in [1.82, 2.24) is 45.0 Å². The Morgan fingerprint density at radius 2 is 1.02 bits per heavy atom. The highest BCUT2D eigenvalue weighted by Crippen LogP contribution is 2.41. The van der Waals surface area contributed by atoms with Gasteiger partial charge in [0.05, 0.1) is 37.4 Å². The van der Waals surface area contributed by atoms with Gasteiger partial charge in [-0.15, -0.1) is 0 Å². The number of hydroxylamine groups is 6. The van der Waals surface area contributed by atoms with Gasteiger partial charge in [0, 0.05) is 70.7 Å². The lowest BCUT2D eigenvalue weighted by atomic mass is 9.86. The van der Waals surface area contributed by atoms with Crippen molar-refractivity contribution < 1.29 is 90.4 Å². The SMILES string of the molecule is CCCN1C[C@@H]2C[C@@H]3CN(C(=O)N3OS(=O)(=O)[O-])[C@@H]2C1=O.COC[C@@H]1NC(=O)[C@@H]2[C@H]1C[C@@H]1CN2C(=O)N1OS(=O)(=O)[O-].O=C1[C@@H]2[C@@H](C[C@@H]3CN2C(=O)N3OS(=O)(=O)[O-])CN1CCO. The van der Waals surface area contributed by atoms with E-state index in [4.69, 9.17) is 9.84 Å². The first kappa shape index (κ1) is 46.7. The molecule has 0 spiro atoms. The minimum atomic E-state index is -5.04. The Hall–Kier alpha value is -4.25. The summed E-state index contributed by atoms with van der Waals surface area (Å²) in [6.07, 6.45) is 2.02. The first-order chi connectivity index (χ1) is 29.4. The van der Waals surface area contributed by atoms with Crippen molar-refractivity contribution in [2.75, 3.05) is 66.1 Å². The number of carbonyl (C=O) groups is 6. The van der Waals surface area contributed by atoms with E-state index in [0.29, 0.717) is 60.7 Å². The molecule has 6 bridgehead atoms. The van der Waals surface area contributed by atoms with Gasteiger partial charge in [-0.3, -0.25) is 14.4 Å². The number of ether oxygens (including phenoxy) is 1. The van der Waals surface area contributed by atoms with Crippen molar-refractivity contribution in [3.05, 3.63) is 0 Å². The molecule has 9 amide bonds. The average Bonchev–Trinajstić information content (AvgIpc) is 3.96. The van der Waals surface area contributed by atoms with Crippen LogP contribution in [0.15, 0.2) is 0 Å². The van der Waals surface area contributed by atoms with Gasteiger partial charge in [-0.1, -0.05) is 6.92 Å².